The number of amides is 2. The second-order valence-electron chi connectivity index (χ2n) is 7.41. The van der Waals surface area contributed by atoms with Gasteiger partial charge in [-0.05, 0) is 55.3 Å². The van der Waals surface area contributed by atoms with Crippen LogP contribution >= 0.6 is 0 Å². The third-order valence-corrected chi connectivity index (χ3v) is 5.08. The molecule has 1 aliphatic rings. The Morgan fingerprint density at radius 1 is 1.13 bits per heavy atom. The van der Waals surface area contributed by atoms with E-state index in [2.05, 4.69) is 5.32 Å². The molecule has 1 heterocycles. The Balaban J connectivity index is 1.54. The second kappa shape index (κ2) is 8.79. The smallest absolute Gasteiger partial charge is 0.416 e. The summed E-state index contributed by atoms with van der Waals surface area (Å²) in [4.78, 5) is 38.1. The predicted octanol–water partition coefficient (Wildman–Crippen LogP) is 3.86. The molecule has 3 rings (SSSR count). The molecule has 31 heavy (non-hydrogen) atoms. The molecule has 1 N–H and O–H groups in total. The van der Waals surface area contributed by atoms with Crippen molar-refractivity contribution in [3.8, 4) is 0 Å². The molecule has 9 heteroatoms. The molecule has 2 aromatic carbocycles. The number of carbonyl (C=O) groups is 3. The van der Waals surface area contributed by atoms with Gasteiger partial charge in [0, 0.05) is 24.3 Å². The van der Waals surface area contributed by atoms with Crippen molar-refractivity contribution in [2.24, 2.45) is 5.92 Å². The molecule has 0 saturated carbocycles. The molecule has 2 amide bonds. The highest BCUT2D eigenvalue weighted by molar-refractivity contribution is 6.00. The molecule has 1 aliphatic heterocycles. The fourth-order valence-electron chi connectivity index (χ4n) is 3.23. The van der Waals surface area contributed by atoms with Gasteiger partial charge in [0.05, 0.1) is 11.5 Å². The second-order valence-corrected chi connectivity index (χ2v) is 7.41. The van der Waals surface area contributed by atoms with Gasteiger partial charge in [-0.2, -0.15) is 13.2 Å². The minimum absolute atomic E-state index is 0.0407. The predicted molar refractivity (Wildman–Crippen MR) is 107 cm³/mol. The molecule has 0 unspecified atom stereocenters. The molecule has 0 spiro atoms. The first-order valence-corrected chi connectivity index (χ1v) is 9.56. The van der Waals surface area contributed by atoms with Gasteiger partial charge in [-0.3, -0.25) is 14.4 Å². The molecule has 0 aliphatic carbocycles. The number of hydrogen-bond donors (Lipinski definition) is 1. The number of esters is 1. The number of anilines is 2. The maximum absolute atomic E-state index is 12.7. The van der Waals surface area contributed by atoms with Crippen LogP contribution in [0.25, 0.3) is 0 Å². The van der Waals surface area contributed by atoms with Gasteiger partial charge in [-0.15, -0.1) is 0 Å². The van der Waals surface area contributed by atoms with Gasteiger partial charge in [0.25, 0.3) is 5.91 Å². The highest BCUT2D eigenvalue weighted by Crippen LogP contribution is 2.31. The fraction of sp³-hybridized carbons (Fsp3) is 0.318. The minimum Gasteiger partial charge on any atom is -0.455 e. The van der Waals surface area contributed by atoms with Crippen LogP contribution in [0, 0.1) is 19.8 Å². The van der Waals surface area contributed by atoms with Crippen LogP contribution in [0.3, 0.4) is 0 Å². The number of halogens is 3. The van der Waals surface area contributed by atoms with E-state index in [-0.39, 0.29) is 24.6 Å². The zero-order valence-corrected chi connectivity index (χ0v) is 17.0. The number of nitrogens with zero attached hydrogens (tertiary/aromatic N) is 1. The van der Waals surface area contributed by atoms with Gasteiger partial charge < -0.3 is 15.0 Å². The molecule has 1 atom stereocenters. The lowest BCUT2D eigenvalue weighted by atomic mass is 10.1. The lowest BCUT2D eigenvalue weighted by molar-refractivity contribution is -0.151. The van der Waals surface area contributed by atoms with E-state index in [1.54, 1.807) is 6.07 Å². The maximum atomic E-state index is 12.7. The van der Waals surface area contributed by atoms with Crippen LogP contribution in [-0.4, -0.2) is 30.9 Å². The molecule has 0 aromatic heterocycles. The van der Waals surface area contributed by atoms with E-state index in [1.807, 2.05) is 26.0 Å². The van der Waals surface area contributed by atoms with Crippen molar-refractivity contribution in [3.05, 3.63) is 59.2 Å². The molecular formula is C22H21F3N2O4. The summed E-state index contributed by atoms with van der Waals surface area (Å²) in [5.74, 6) is -2.43. The van der Waals surface area contributed by atoms with Gasteiger partial charge in [-0.25, -0.2) is 0 Å². The number of nitrogens with one attached hydrogen (secondary N) is 1. The monoisotopic (exact) mass is 434 g/mol. The first-order chi connectivity index (χ1) is 14.5. The highest BCUT2D eigenvalue weighted by Gasteiger charge is 2.36. The summed E-state index contributed by atoms with van der Waals surface area (Å²) >= 11 is 0. The van der Waals surface area contributed by atoms with Crippen LogP contribution < -0.4 is 10.2 Å². The Morgan fingerprint density at radius 3 is 2.55 bits per heavy atom. The summed E-state index contributed by atoms with van der Waals surface area (Å²) in [5.41, 5.74) is 1.82. The molecule has 1 fully saturated rings. The molecular weight excluding hydrogens is 413 g/mol. The topological polar surface area (TPSA) is 75.7 Å². The molecule has 164 valence electrons. The van der Waals surface area contributed by atoms with Crippen molar-refractivity contribution in [2.45, 2.75) is 26.4 Å². The van der Waals surface area contributed by atoms with Gasteiger partial charge >= 0.3 is 12.1 Å². The summed E-state index contributed by atoms with van der Waals surface area (Å²) < 4.78 is 43.2. The summed E-state index contributed by atoms with van der Waals surface area (Å²) in [6, 6.07) is 9.69. The Kier molecular flexibility index (Phi) is 6.33. The van der Waals surface area contributed by atoms with Crippen LogP contribution in [0.4, 0.5) is 24.5 Å². The van der Waals surface area contributed by atoms with Crippen LogP contribution in [0.5, 0.6) is 0 Å². The van der Waals surface area contributed by atoms with Crippen LogP contribution in [0.15, 0.2) is 42.5 Å². The third kappa shape index (κ3) is 5.42. The summed E-state index contributed by atoms with van der Waals surface area (Å²) in [7, 11) is 0. The number of ether oxygens (including phenoxy) is 1. The van der Waals surface area contributed by atoms with E-state index in [9.17, 15) is 27.6 Å². The zero-order valence-electron chi connectivity index (χ0n) is 17.0. The van der Waals surface area contributed by atoms with E-state index >= 15 is 0 Å². The Labute approximate surface area is 177 Å². The van der Waals surface area contributed by atoms with Gasteiger partial charge in [0.1, 0.15) is 0 Å². The average molecular weight is 434 g/mol. The zero-order chi connectivity index (χ0) is 22.8. The Morgan fingerprint density at radius 2 is 1.87 bits per heavy atom. The molecule has 2 aromatic rings. The molecule has 0 radical (unpaired) electrons. The number of hydrogen-bond acceptors (Lipinski definition) is 4. The number of alkyl halides is 3. The van der Waals surface area contributed by atoms with Crippen molar-refractivity contribution in [1.29, 1.82) is 0 Å². The summed E-state index contributed by atoms with van der Waals surface area (Å²) in [6.45, 7) is 3.35. The van der Waals surface area contributed by atoms with E-state index < -0.39 is 36.1 Å². The Bertz CT molecular complexity index is 1020. The first kappa shape index (κ1) is 22.3. The van der Waals surface area contributed by atoms with Crippen molar-refractivity contribution < 1.29 is 32.3 Å². The van der Waals surface area contributed by atoms with Gasteiger partial charge in [0.15, 0.2) is 6.61 Å². The standard InChI is InChI=1S/C22H21F3N2O4/c1-13-6-7-18(8-14(13)2)27-11-15(9-20(27)29)21(30)31-12-19(28)26-17-5-3-4-16(10-17)22(23,24)25/h3-8,10,15H,9,11-12H2,1-2H3,(H,26,28)/t15-/m0/s1. The lowest BCUT2D eigenvalue weighted by Crippen LogP contribution is -2.28. The van der Waals surface area contributed by atoms with Crippen molar-refractivity contribution in [2.75, 3.05) is 23.4 Å². The van der Waals surface area contributed by atoms with Crippen molar-refractivity contribution in [1.82, 2.24) is 0 Å². The van der Waals surface area contributed by atoms with Crippen LogP contribution in [0.1, 0.15) is 23.1 Å². The number of rotatable bonds is 5. The van der Waals surface area contributed by atoms with Gasteiger partial charge in [-0.1, -0.05) is 12.1 Å². The largest absolute Gasteiger partial charge is 0.455 e. The van der Waals surface area contributed by atoms with Crippen molar-refractivity contribution >= 4 is 29.2 Å². The first-order valence-electron chi connectivity index (χ1n) is 9.56. The van der Waals surface area contributed by atoms with E-state index in [4.69, 9.17) is 4.74 Å². The Hall–Kier alpha value is -3.36. The normalized spacial score (nSPS) is 16.4. The maximum Gasteiger partial charge on any atom is 0.416 e. The molecule has 1 saturated heterocycles. The lowest BCUT2D eigenvalue weighted by Gasteiger charge is -2.17. The van der Waals surface area contributed by atoms with Crippen LogP contribution in [0.2, 0.25) is 0 Å². The van der Waals surface area contributed by atoms with Crippen LogP contribution in [-0.2, 0) is 25.3 Å². The minimum atomic E-state index is -4.54. The van der Waals surface area contributed by atoms with Crippen molar-refractivity contribution in [3.63, 3.8) is 0 Å². The SMILES string of the molecule is Cc1ccc(N2C[C@@H](C(=O)OCC(=O)Nc3cccc(C(F)(F)F)c3)CC2=O)cc1C. The number of benzene rings is 2. The van der Waals surface area contributed by atoms with Gasteiger partial charge in [0.2, 0.25) is 5.91 Å². The van der Waals surface area contributed by atoms with E-state index in [1.165, 1.54) is 11.0 Å². The summed E-state index contributed by atoms with van der Waals surface area (Å²) in [5, 5.41) is 2.26. The van der Waals surface area contributed by atoms with E-state index in [0.29, 0.717) is 5.69 Å². The quantitative estimate of drug-likeness (QED) is 0.726. The average Bonchev–Trinajstić information content (AvgIpc) is 3.09. The highest BCUT2D eigenvalue weighted by atomic mass is 19.4. The number of carbonyl (C=O) groups excluding carboxylic acids is 3. The van der Waals surface area contributed by atoms with E-state index in [0.717, 1.165) is 29.3 Å². The summed E-state index contributed by atoms with van der Waals surface area (Å²) in [6.07, 6.45) is -4.58. The third-order valence-electron chi connectivity index (χ3n) is 5.08. The number of aryl methyl sites for hydroxylation is 2. The molecule has 6 nitrogen and oxygen atoms in total. The molecule has 0 bridgehead atoms. The fourth-order valence-corrected chi connectivity index (χ4v) is 3.23.